The first-order valence-corrected chi connectivity index (χ1v) is 19.4. The first-order chi connectivity index (χ1) is 24.6. The fourth-order valence-electron chi connectivity index (χ4n) is 11.9. The summed E-state index contributed by atoms with van der Waals surface area (Å²) in [6, 6.07) is 0. The molecule has 52 heavy (non-hydrogen) atoms. The van der Waals surface area contributed by atoms with Crippen LogP contribution in [0.5, 0.6) is 0 Å². The van der Waals surface area contributed by atoms with E-state index >= 15 is 0 Å². The van der Waals surface area contributed by atoms with Gasteiger partial charge in [0.05, 0.1) is 24.9 Å². The summed E-state index contributed by atoms with van der Waals surface area (Å²) in [7, 11) is 0. The summed E-state index contributed by atoms with van der Waals surface area (Å²) in [5, 5.41) is 73.8. The van der Waals surface area contributed by atoms with Crippen molar-refractivity contribution >= 4 is 6.29 Å². The second-order valence-corrected chi connectivity index (χ2v) is 17.5. The molecule has 6 fully saturated rings. The molecule has 0 aromatic rings. The molecular weight excluding hydrogens is 676 g/mol. The Morgan fingerprint density at radius 3 is 2.35 bits per heavy atom. The van der Waals surface area contributed by atoms with E-state index in [0.29, 0.717) is 24.7 Å². The Bertz CT molecular complexity index is 1370. The van der Waals surface area contributed by atoms with Crippen LogP contribution >= 0.6 is 0 Å². The van der Waals surface area contributed by atoms with Crippen LogP contribution in [0.4, 0.5) is 0 Å². The van der Waals surface area contributed by atoms with Crippen LogP contribution < -0.4 is 0 Å². The molecule has 0 amide bonds. The maximum absolute atomic E-state index is 13.3. The van der Waals surface area contributed by atoms with Gasteiger partial charge in [-0.25, -0.2) is 0 Å². The zero-order valence-electron chi connectivity index (χ0n) is 30.9. The predicted octanol–water partition coefficient (Wildman–Crippen LogP) is 1.33. The van der Waals surface area contributed by atoms with Crippen LogP contribution in [0.3, 0.4) is 0 Å². The zero-order chi connectivity index (χ0) is 37.4. The van der Waals surface area contributed by atoms with Crippen LogP contribution in [0, 0.1) is 46.3 Å². The lowest BCUT2D eigenvalue weighted by atomic mass is 9.46. The standard InChI is InChI=1S/C39H60O13/c1-17(2)12-23-18(3)28-26(50-35(23)47)14-25-22-7-6-20-13-21(8-10-38(20,5)24(22)9-11-39(25,28)16-41)49-37-34(32(45)30(43)27(15-40)51-37)52-36-33(46)31(44)29(42)19(4)48-36/h6,12,16,18-19,21-37,40,42-47H,7-11,13-15H2,1-5H3/t18-,19-,21+,22-,23-,24+,25+,26-,27+,28+,29-,30+,31-,32+,33+,34+,35-,36+,37+,38-,39-/m0/s1. The molecule has 21 atom stereocenters. The minimum absolute atomic E-state index is 0.0567. The van der Waals surface area contributed by atoms with Gasteiger partial charge in [-0.3, -0.25) is 0 Å². The molecule has 3 saturated heterocycles. The number of allylic oxidation sites excluding steroid dienone is 2. The Balaban J connectivity index is 1.08. The normalized spacial score (nSPS) is 54.5. The highest BCUT2D eigenvalue weighted by molar-refractivity contribution is 5.63. The Morgan fingerprint density at radius 1 is 0.904 bits per heavy atom. The van der Waals surface area contributed by atoms with Crippen molar-refractivity contribution < 1.29 is 64.2 Å². The van der Waals surface area contributed by atoms with Gasteiger partial charge in [0, 0.05) is 17.3 Å². The molecule has 294 valence electrons. The SMILES string of the molecule is CC(C)=C[C@H]1[C@H](C)[C@@H]2[C@H](C[C@@H]3[C@H]4CC=C5C[C@H](O[C@@H]6O[C@H](CO)[C@@H](O)[C@@H](O)[C@H]6O[C@H]6O[C@@H](C)[C@H](O)[C@H](O)[C@H]6O)CC[C@]5(C)[C@@H]4CC[C@@]23C=O)O[C@@H]1O. The van der Waals surface area contributed by atoms with Crippen molar-refractivity contribution in [3.8, 4) is 0 Å². The third-order valence-corrected chi connectivity index (χ3v) is 14.6. The molecule has 3 aliphatic heterocycles. The minimum atomic E-state index is -1.64. The van der Waals surface area contributed by atoms with Crippen LogP contribution in [0.15, 0.2) is 23.3 Å². The quantitative estimate of drug-likeness (QED) is 0.146. The molecule has 0 radical (unpaired) electrons. The molecule has 0 spiro atoms. The number of aldehydes is 1. The van der Waals surface area contributed by atoms with Gasteiger partial charge in [0.1, 0.15) is 49.0 Å². The average molecular weight is 737 g/mol. The molecule has 13 heteroatoms. The van der Waals surface area contributed by atoms with Gasteiger partial charge in [-0.05, 0) is 94.8 Å². The summed E-state index contributed by atoms with van der Waals surface area (Å²) >= 11 is 0. The van der Waals surface area contributed by atoms with E-state index in [0.717, 1.165) is 37.7 Å². The summed E-state index contributed by atoms with van der Waals surface area (Å²) in [6.07, 6.45) is -3.97. The molecule has 7 aliphatic rings. The van der Waals surface area contributed by atoms with Gasteiger partial charge in [-0.15, -0.1) is 0 Å². The molecule has 3 saturated carbocycles. The van der Waals surface area contributed by atoms with Crippen molar-refractivity contribution in [3.63, 3.8) is 0 Å². The number of aliphatic hydroxyl groups is 7. The average Bonchev–Trinajstić information content (AvgIpc) is 3.45. The summed E-state index contributed by atoms with van der Waals surface area (Å²) in [5.74, 6) is 0.863. The van der Waals surface area contributed by atoms with E-state index in [9.17, 15) is 40.5 Å². The molecule has 0 aromatic heterocycles. The molecule has 0 aromatic carbocycles. The van der Waals surface area contributed by atoms with Gasteiger partial charge in [0.25, 0.3) is 0 Å². The van der Waals surface area contributed by atoms with Crippen molar-refractivity contribution in [2.24, 2.45) is 46.3 Å². The third kappa shape index (κ3) is 6.28. The van der Waals surface area contributed by atoms with E-state index in [2.05, 4.69) is 26.0 Å². The Kier molecular flexibility index (Phi) is 11.0. The number of carbonyl (C=O) groups is 1. The largest absolute Gasteiger partial charge is 0.394 e. The lowest BCUT2D eigenvalue weighted by molar-refractivity contribution is -0.369. The molecule has 13 nitrogen and oxygen atoms in total. The van der Waals surface area contributed by atoms with E-state index in [1.165, 1.54) is 18.8 Å². The van der Waals surface area contributed by atoms with Gasteiger partial charge >= 0.3 is 0 Å². The highest BCUT2D eigenvalue weighted by atomic mass is 16.8. The molecule has 7 N–H and O–H groups in total. The lowest BCUT2D eigenvalue weighted by Crippen LogP contribution is -2.64. The predicted molar refractivity (Wildman–Crippen MR) is 184 cm³/mol. The molecular formula is C39H60O13. The van der Waals surface area contributed by atoms with Gasteiger partial charge in [-0.1, -0.05) is 37.1 Å². The maximum atomic E-state index is 13.3. The maximum Gasteiger partial charge on any atom is 0.187 e. The van der Waals surface area contributed by atoms with E-state index in [1.54, 1.807) is 0 Å². The van der Waals surface area contributed by atoms with E-state index in [1.807, 2.05) is 13.8 Å². The number of rotatable bonds is 7. The smallest absolute Gasteiger partial charge is 0.187 e. The molecule has 0 unspecified atom stereocenters. The van der Waals surface area contributed by atoms with E-state index < -0.39 is 79.7 Å². The van der Waals surface area contributed by atoms with Crippen molar-refractivity contribution in [2.45, 2.75) is 159 Å². The highest BCUT2D eigenvalue weighted by Crippen LogP contribution is 2.68. The molecule has 3 heterocycles. The second kappa shape index (κ2) is 14.6. The molecule has 7 rings (SSSR count). The molecule has 0 bridgehead atoms. The van der Waals surface area contributed by atoms with Crippen molar-refractivity contribution in [1.82, 2.24) is 0 Å². The van der Waals surface area contributed by atoms with Gasteiger partial charge in [0.2, 0.25) is 0 Å². The number of ether oxygens (including phenoxy) is 5. The van der Waals surface area contributed by atoms with Crippen LogP contribution in [-0.4, -0.2) is 129 Å². The highest BCUT2D eigenvalue weighted by Gasteiger charge is 2.66. The topological polar surface area (TPSA) is 205 Å². The number of hydrogen-bond acceptors (Lipinski definition) is 13. The molecule has 4 aliphatic carbocycles. The monoisotopic (exact) mass is 736 g/mol. The van der Waals surface area contributed by atoms with Crippen molar-refractivity contribution in [3.05, 3.63) is 23.3 Å². The van der Waals surface area contributed by atoms with Crippen LogP contribution in [0.2, 0.25) is 0 Å². The van der Waals surface area contributed by atoms with E-state index in [4.69, 9.17) is 23.7 Å². The fourth-order valence-corrected chi connectivity index (χ4v) is 11.9. The lowest BCUT2D eigenvalue weighted by Gasteiger charge is -2.58. The summed E-state index contributed by atoms with van der Waals surface area (Å²) in [4.78, 5) is 13.3. The van der Waals surface area contributed by atoms with Gasteiger partial charge in [-0.2, -0.15) is 0 Å². The van der Waals surface area contributed by atoms with Gasteiger partial charge < -0.3 is 64.2 Å². The minimum Gasteiger partial charge on any atom is -0.394 e. The summed E-state index contributed by atoms with van der Waals surface area (Å²) < 4.78 is 30.3. The number of fused-ring (bicyclic) bond motifs is 7. The van der Waals surface area contributed by atoms with Crippen molar-refractivity contribution in [2.75, 3.05) is 6.61 Å². The fraction of sp³-hybridized carbons (Fsp3) is 0.872. The first-order valence-electron chi connectivity index (χ1n) is 19.4. The third-order valence-electron chi connectivity index (χ3n) is 14.6. The second-order valence-electron chi connectivity index (χ2n) is 17.5. The number of carbonyl (C=O) groups excluding carboxylic acids is 1. The van der Waals surface area contributed by atoms with Crippen LogP contribution in [0.25, 0.3) is 0 Å². The van der Waals surface area contributed by atoms with Gasteiger partial charge in [0.15, 0.2) is 18.9 Å². The summed E-state index contributed by atoms with van der Waals surface area (Å²) in [5.41, 5.74) is 1.82. The van der Waals surface area contributed by atoms with E-state index in [-0.39, 0.29) is 41.3 Å². The van der Waals surface area contributed by atoms with Crippen LogP contribution in [-0.2, 0) is 28.5 Å². The number of aliphatic hydroxyl groups excluding tert-OH is 7. The van der Waals surface area contributed by atoms with Crippen LogP contribution in [0.1, 0.15) is 79.6 Å². The zero-order valence-corrected chi connectivity index (χ0v) is 30.9. The Morgan fingerprint density at radius 2 is 1.65 bits per heavy atom. The Labute approximate surface area is 305 Å². The Hall–Kier alpha value is -1.33. The number of hydrogen-bond donors (Lipinski definition) is 7. The van der Waals surface area contributed by atoms with Crippen molar-refractivity contribution in [1.29, 1.82) is 0 Å². The summed E-state index contributed by atoms with van der Waals surface area (Å²) in [6.45, 7) is 9.52. The first kappa shape index (κ1) is 38.9.